The van der Waals surface area contributed by atoms with Crippen LogP contribution in [0.4, 0.5) is 0 Å². The second-order valence-corrected chi connectivity index (χ2v) is 8.55. The van der Waals surface area contributed by atoms with Crippen LogP contribution in [0, 0.1) is 0 Å². The van der Waals surface area contributed by atoms with Crippen LogP contribution in [0.3, 0.4) is 0 Å². The second-order valence-electron chi connectivity index (χ2n) is 8.55. The summed E-state index contributed by atoms with van der Waals surface area (Å²) in [5.74, 6) is 0.569. The van der Waals surface area contributed by atoms with Gasteiger partial charge in [-0.1, -0.05) is 60.7 Å². The fourth-order valence-corrected chi connectivity index (χ4v) is 4.49. The van der Waals surface area contributed by atoms with Crippen molar-refractivity contribution in [3.05, 3.63) is 102 Å². The molecule has 6 nitrogen and oxygen atoms in total. The number of amides is 1. The monoisotopic (exact) mass is 452 g/mol. The summed E-state index contributed by atoms with van der Waals surface area (Å²) in [7, 11) is 1.63. The summed E-state index contributed by atoms with van der Waals surface area (Å²) in [4.78, 5) is 15.9. The lowest BCUT2D eigenvalue weighted by atomic mass is 10.1. The molecule has 3 aromatic carbocycles. The molecule has 6 heteroatoms. The van der Waals surface area contributed by atoms with Crippen LogP contribution < -0.4 is 10.1 Å². The van der Waals surface area contributed by atoms with E-state index in [-0.39, 0.29) is 11.9 Å². The molecule has 2 heterocycles. The van der Waals surface area contributed by atoms with Crippen LogP contribution in [0.2, 0.25) is 0 Å². The molecule has 1 aromatic heterocycles. The summed E-state index contributed by atoms with van der Waals surface area (Å²) < 4.78 is 7.32. The van der Waals surface area contributed by atoms with Crippen LogP contribution in [0.25, 0.3) is 16.9 Å². The van der Waals surface area contributed by atoms with Crippen molar-refractivity contribution in [3.8, 4) is 22.7 Å². The zero-order valence-electron chi connectivity index (χ0n) is 19.2. The lowest BCUT2D eigenvalue weighted by Gasteiger charge is -2.17. The Balaban J connectivity index is 1.39. The van der Waals surface area contributed by atoms with Gasteiger partial charge in [0.1, 0.15) is 11.4 Å². The van der Waals surface area contributed by atoms with Gasteiger partial charge in [0.05, 0.1) is 18.4 Å². The van der Waals surface area contributed by atoms with E-state index in [4.69, 9.17) is 9.84 Å². The summed E-state index contributed by atoms with van der Waals surface area (Å²) in [6, 6.07) is 28.0. The van der Waals surface area contributed by atoms with E-state index in [1.807, 2.05) is 66.9 Å². The van der Waals surface area contributed by atoms with E-state index in [2.05, 4.69) is 34.5 Å². The molecule has 1 saturated heterocycles. The molecule has 0 radical (unpaired) electrons. The number of carbonyl (C=O) groups is 1. The van der Waals surface area contributed by atoms with Gasteiger partial charge in [0.15, 0.2) is 0 Å². The molecule has 0 saturated carbocycles. The number of nitrogens with one attached hydrogen (secondary N) is 1. The largest absolute Gasteiger partial charge is 0.496 e. The summed E-state index contributed by atoms with van der Waals surface area (Å²) in [6.45, 7) is 2.69. The van der Waals surface area contributed by atoms with E-state index in [9.17, 15) is 4.79 Å². The number of rotatable bonds is 7. The van der Waals surface area contributed by atoms with Gasteiger partial charge in [0, 0.05) is 37.4 Å². The summed E-state index contributed by atoms with van der Waals surface area (Å²) in [5, 5.41) is 8.04. The van der Waals surface area contributed by atoms with E-state index in [1.165, 1.54) is 5.56 Å². The highest BCUT2D eigenvalue weighted by Gasteiger charge is 2.27. The average Bonchev–Trinajstić information content (AvgIpc) is 3.52. The predicted octanol–water partition coefficient (Wildman–Crippen LogP) is 4.55. The van der Waals surface area contributed by atoms with Crippen molar-refractivity contribution in [3.63, 3.8) is 0 Å². The number of hydrogen-bond acceptors (Lipinski definition) is 4. The maximum atomic E-state index is 13.5. The van der Waals surface area contributed by atoms with Crippen molar-refractivity contribution in [1.82, 2.24) is 20.0 Å². The van der Waals surface area contributed by atoms with Crippen molar-refractivity contribution in [1.29, 1.82) is 0 Å². The van der Waals surface area contributed by atoms with E-state index >= 15 is 0 Å². The van der Waals surface area contributed by atoms with Gasteiger partial charge in [-0.25, -0.2) is 4.68 Å². The van der Waals surface area contributed by atoms with Gasteiger partial charge >= 0.3 is 0 Å². The zero-order chi connectivity index (χ0) is 23.3. The molecule has 1 aliphatic heterocycles. The summed E-state index contributed by atoms with van der Waals surface area (Å²) in [6.07, 6.45) is 2.73. The van der Waals surface area contributed by atoms with Crippen molar-refractivity contribution < 1.29 is 9.53 Å². The van der Waals surface area contributed by atoms with Gasteiger partial charge in [-0.15, -0.1) is 0 Å². The van der Waals surface area contributed by atoms with Crippen molar-refractivity contribution in [2.24, 2.45) is 0 Å². The lowest BCUT2D eigenvalue weighted by Crippen LogP contribution is -2.37. The molecule has 1 fully saturated rings. The van der Waals surface area contributed by atoms with Gasteiger partial charge in [-0.3, -0.25) is 9.69 Å². The molecule has 1 atom stereocenters. The molecule has 1 unspecified atom stereocenters. The zero-order valence-corrected chi connectivity index (χ0v) is 19.2. The SMILES string of the molecule is COc1ccccc1-c1nn(-c2ccccc2)cc1C(=O)NC1CCN(Cc2ccccc2)C1. The highest BCUT2D eigenvalue weighted by Crippen LogP contribution is 2.32. The summed E-state index contributed by atoms with van der Waals surface area (Å²) >= 11 is 0. The van der Waals surface area contributed by atoms with Gasteiger partial charge in [0.2, 0.25) is 0 Å². The standard InChI is InChI=1S/C28H28N4O2/c1-34-26-15-9-8-14-24(26)27-25(20-32(30-27)23-12-6-3-7-13-23)28(33)29-22-16-17-31(19-22)18-21-10-4-2-5-11-21/h2-15,20,22H,16-19H2,1H3,(H,29,33). The minimum absolute atomic E-state index is 0.0989. The first-order valence-electron chi connectivity index (χ1n) is 11.6. The number of carbonyl (C=O) groups excluding carboxylic acids is 1. The van der Waals surface area contributed by atoms with Gasteiger partial charge in [-0.05, 0) is 36.2 Å². The first-order valence-corrected chi connectivity index (χ1v) is 11.6. The fraction of sp³-hybridized carbons (Fsp3) is 0.214. The first kappa shape index (κ1) is 21.9. The fourth-order valence-electron chi connectivity index (χ4n) is 4.49. The van der Waals surface area contributed by atoms with Crippen LogP contribution in [-0.2, 0) is 6.54 Å². The van der Waals surface area contributed by atoms with Crippen LogP contribution in [0.5, 0.6) is 5.75 Å². The highest BCUT2D eigenvalue weighted by atomic mass is 16.5. The molecule has 4 aromatic rings. The molecule has 1 aliphatic rings. The smallest absolute Gasteiger partial charge is 0.255 e. The summed E-state index contributed by atoms with van der Waals surface area (Å²) in [5.41, 5.74) is 4.12. The van der Waals surface area contributed by atoms with Crippen molar-refractivity contribution in [2.45, 2.75) is 19.0 Å². The lowest BCUT2D eigenvalue weighted by molar-refractivity contribution is 0.0938. The average molecular weight is 453 g/mol. The van der Waals surface area contributed by atoms with Crippen molar-refractivity contribution >= 4 is 5.91 Å². The Bertz CT molecular complexity index is 1250. The third kappa shape index (κ3) is 4.72. The van der Waals surface area contributed by atoms with Gasteiger partial charge < -0.3 is 10.1 Å². The maximum Gasteiger partial charge on any atom is 0.255 e. The molecule has 0 bridgehead atoms. The van der Waals surface area contributed by atoms with Gasteiger partial charge in [0.25, 0.3) is 5.91 Å². The van der Waals surface area contributed by atoms with Gasteiger partial charge in [-0.2, -0.15) is 5.10 Å². The van der Waals surface area contributed by atoms with E-state index in [1.54, 1.807) is 11.8 Å². The van der Waals surface area contributed by atoms with Crippen LogP contribution in [0.15, 0.2) is 91.1 Å². The molecule has 172 valence electrons. The minimum atomic E-state index is -0.116. The number of aromatic nitrogens is 2. The Kier molecular flexibility index (Phi) is 6.40. The first-order chi connectivity index (χ1) is 16.7. The normalized spacial score (nSPS) is 15.9. The van der Waals surface area contributed by atoms with E-state index in [0.29, 0.717) is 17.0 Å². The molecule has 0 spiro atoms. The molecule has 5 rings (SSSR count). The third-order valence-corrected chi connectivity index (χ3v) is 6.20. The van der Waals surface area contributed by atoms with Crippen molar-refractivity contribution in [2.75, 3.05) is 20.2 Å². The van der Waals surface area contributed by atoms with Crippen LogP contribution in [0.1, 0.15) is 22.3 Å². The number of ether oxygens (including phenoxy) is 1. The van der Waals surface area contributed by atoms with Crippen LogP contribution in [-0.4, -0.2) is 46.8 Å². The highest BCUT2D eigenvalue weighted by molar-refractivity contribution is 6.00. The Morgan fingerprint density at radius 2 is 1.71 bits per heavy atom. The van der Waals surface area contributed by atoms with E-state index in [0.717, 1.165) is 37.3 Å². The number of likely N-dealkylation sites (tertiary alicyclic amines) is 1. The Morgan fingerprint density at radius 1 is 1.00 bits per heavy atom. The molecular weight excluding hydrogens is 424 g/mol. The molecule has 34 heavy (non-hydrogen) atoms. The Labute approximate surface area is 199 Å². The maximum absolute atomic E-state index is 13.5. The second kappa shape index (κ2) is 9.93. The molecule has 1 N–H and O–H groups in total. The topological polar surface area (TPSA) is 59.4 Å². The Morgan fingerprint density at radius 3 is 2.47 bits per heavy atom. The Hall–Kier alpha value is -3.90. The quantitative estimate of drug-likeness (QED) is 0.447. The predicted molar refractivity (Wildman–Crippen MR) is 133 cm³/mol. The number of para-hydroxylation sites is 2. The minimum Gasteiger partial charge on any atom is -0.496 e. The molecule has 0 aliphatic carbocycles. The molecular formula is C28H28N4O2. The number of methoxy groups -OCH3 is 1. The number of benzene rings is 3. The number of hydrogen-bond donors (Lipinski definition) is 1. The van der Waals surface area contributed by atoms with Crippen LogP contribution >= 0.6 is 0 Å². The molecule has 1 amide bonds. The number of nitrogens with zero attached hydrogens (tertiary/aromatic N) is 3. The third-order valence-electron chi connectivity index (χ3n) is 6.20. The van der Waals surface area contributed by atoms with E-state index < -0.39 is 0 Å².